The summed E-state index contributed by atoms with van der Waals surface area (Å²) in [4.78, 5) is 2.42. The number of benzene rings is 3. The van der Waals surface area contributed by atoms with Crippen LogP contribution in [0.15, 0.2) is 77.3 Å². The summed E-state index contributed by atoms with van der Waals surface area (Å²) >= 11 is 0. The predicted octanol–water partition coefficient (Wildman–Crippen LogP) is 6.52. The normalized spacial score (nSPS) is 13.6. The summed E-state index contributed by atoms with van der Waals surface area (Å²) in [6.07, 6.45) is 4.55. The average molecular weight is 445 g/mol. The molecule has 0 atom stereocenters. The topological polar surface area (TPSA) is 44.1 Å². The number of aromatic nitrogens is 1. The van der Waals surface area contributed by atoms with Crippen molar-refractivity contribution in [3.8, 4) is 28.5 Å². The molecule has 0 amide bonds. The van der Waals surface area contributed by atoms with Crippen LogP contribution < -0.4 is 9.47 Å². The lowest BCUT2D eigenvalue weighted by molar-refractivity contribution is -0.660. The van der Waals surface area contributed by atoms with Gasteiger partial charge in [-0.25, -0.2) is 4.57 Å². The van der Waals surface area contributed by atoms with Crippen molar-refractivity contribution in [1.29, 1.82) is 5.26 Å². The van der Waals surface area contributed by atoms with E-state index in [1.54, 1.807) is 0 Å². The molecule has 1 aliphatic heterocycles. The average Bonchev–Trinajstić information content (AvgIpc) is 3.52. The highest BCUT2D eigenvalue weighted by molar-refractivity contribution is 6.14. The molecule has 4 nitrogen and oxygen atoms in total. The van der Waals surface area contributed by atoms with E-state index in [0.29, 0.717) is 5.56 Å². The Labute approximate surface area is 199 Å². The highest BCUT2D eigenvalue weighted by Gasteiger charge is 2.23. The molecule has 0 saturated carbocycles. The van der Waals surface area contributed by atoms with Crippen molar-refractivity contribution in [1.82, 2.24) is 0 Å². The Morgan fingerprint density at radius 1 is 0.853 bits per heavy atom. The molecule has 0 bridgehead atoms. The zero-order chi connectivity index (χ0) is 23.2. The fourth-order valence-corrected chi connectivity index (χ4v) is 5.30. The number of hydrogen-bond acceptors (Lipinski definition) is 3. The third-order valence-corrected chi connectivity index (χ3v) is 7.08. The third kappa shape index (κ3) is 3.16. The van der Waals surface area contributed by atoms with Crippen LogP contribution in [-0.4, -0.2) is 13.1 Å². The molecular weight excluding hydrogens is 418 g/mol. The van der Waals surface area contributed by atoms with Crippen molar-refractivity contribution < 1.29 is 8.98 Å². The van der Waals surface area contributed by atoms with Gasteiger partial charge >= 0.3 is 0 Å². The maximum absolute atomic E-state index is 9.95. The molecule has 1 fully saturated rings. The Morgan fingerprint density at radius 3 is 2.26 bits per heavy atom. The lowest BCUT2D eigenvalue weighted by atomic mass is 9.96. The molecule has 34 heavy (non-hydrogen) atoms. The highest BCUT2D eigenvalue weighted by atomic mass is 16.3. The van der Waals surface area contributed by atoms with Gasteiger partial charge in [0.2, 0.25) is 5.69 Å². The van der Waals surface area contributed by atoms with Crippen molar-refractivity contribution >= 4 is 27.6 Å². The van der Waals surface area contributed by atoms with Crippen LogP contribution in [-0.2, 0) is 7.05 Å². The quantitative estimate of drug-likeness (QED) is 0.297. The molecule has 3 aromatic carbocycles. The highest BCUT2D eigenvalue weighted by Crippen LogP contribution is 2.42. The zero-order valence-corrected chi connectivity index (χ0v) is 19.5. The van der Waals surface area contributed by atoms with Crippen LogP contribution in [0.4, 0.5) is 5.69 Å². The molecule has 0 unspecified atom stereocenters. The van der Waals surface area contributed by atoms with Crippen molar-refractivity contribution in [2.45, 2.75) is 19.8 Å². The van der Waals surface area contributed by atoms with Crippen LogP contribution in [0, 0.1) is 18.3 Å². The van der Waals surface area contributed by atoms with E-state index in [1.165, 1.54) is 18.5 Å². The third-order valence-electron chi connectivity index (χ3n) is 7.08. The fraction of sp³-hybridized carbons (Fsp3) is 0.200. The minimum atomic E-state index is 0.629. The Kier molecular flexibility index (Phi) is 4.85. The van der Waals surface area contributed by atoms with Crippen molar-refractivity contribution in [3.05, 3.63) is 84.1 Å². The predicted molar refractivity (Wildman–Crippen MR) is 137 cm³/mol. The van der Waals surface area contributed by atoms with Crippen LogP contribution in [0.1, 0.15) is 24.0 Å². The van der Waals surface area contributed by atoms with Gasteiger partial charge in [0.1, 0.15) is 18.2 Å². The largest absolute Gasteiger partial charge is 0.454 e. The molecule has 1 saturated heterocycles. The van der Waals surface area contributed by atoms with Crippen LogP contribution in [0.5, 0.6) is 0 Å². The van der Waals surface area contributed by atoms with Crippen molar-refractivity contribution in [3.63, 3.8) is 0 Å². The summed E-state index contributed by atoms with van der Waals surface area (Å²) in [6.45, 7) is 4.34. The standard InChI is InChI=1S/C30H26N3O/c1-20-8-14-24-25-15-11-22(19-31)28(21-9-12-23(13-10-21)33-17-5-6-18-33)30(25)34-29(24)27(20)26-7-3-4-16-32(26)2/h3-4,7-16H,5-6,17-18H2,1-2H3/q+1. The Hall–Kier alpha value is -4.10. The molecule has 166 valence electrons. The van der Waals surface area contributed by atoms with Crippen molar-refractivity contribution in [2.75, 3.05) is 18.0 Å². The first-order valence-electron chi connectivity index (χ1n) is 11.8. The number of nitrogens with zero attached hydrogens (tertiary/aromatic N) is 3. The van der Waals surface area contributed by atoms with Crippen LogP contribution in [0.2, 0.25) is 0 Å². The van der Waals surface area contributed by atoms with Gasteiger partial charge in [-0.2, -0.15) is 5.26 Å². The summed E-state index contributed by atoms with van der Waals surface area (Å²) in [5.41, 5.74) is 8.72. The van der Waals surface area contributed by atoms with Gasteiger partial charge in [-0.3, -0.25) is 0 Å². The number of nitriles is 1. The number of anilines is 1. The summed E-state index contributed by atoms with van der Waals surface area (Å²) in [5, 5.41) is 12.1. The summed E-state index contributed by atoms with van der Waals surface area (Å²) in [7, 11) is 2.05. The number of furan rings is 1. The second kappa shape index (κ2) is 8.04. The van der Waals surface area contributed by atoms with Gasteiger partial charge < -0.3 is 9.32 Å². The lowest BCUT2D eigenvalue weighted by Gasteiger charge is -2.18. The Morgan fingerprint density at radius 2 is 1.56 bits per heavy atom. The number of pyridine rings is 1. The molecule has 6 rings (SSSR count). The van der Waals surface area contributed by atoms with E-state index in [4.69, 9.17) is 4.42 Å². The molecule has 0 spiro atoms. The van der Waals surface area contributed by atoms with Gasteiger partial charge in [0.15, 0.2) is 6.20 Å². The first kappa shape index (κ1) is 20.5. The number of aryl methyl sites for hydroxylation is 2. The van der Waals surface area contributed by atoms with E-state index in [9.17, 15) is 5.26 Å². The van der Waals surface area contributed by atoms with Crippen molar-refractivity contribution in [2.24, 2.45) is 7.05 Å². The first-order chi connectivity index (χ1) is 16.7. The number of fused-ring (bicyclic) bond motifs is 3. The van der Waals surface area contributed by atoms with E-state index in [1.807, 2.05) is 18.2 Å². The molecule has 5 aromatic rings. The molecule has 0 N–H and O–H groups in total. The second-order valence-corrected chi connectivity index (χ2v) is 9.15. The van der Waals surface area contributed by atoms with E-state index in [0.717, 1.165) is 63.0 Å². The van der Waals surface area contributed by atoms with Gasteiger partial charge in [-0.05, 0) is 61.2 Å². The molecule has 0 radical (unpaired) electrons. The molecule has 3 heterocycles. The van der Waals surface area contributed by atoms with Gasteiger partial charge in [-0.1, -0.05) is 24.3 Å². The number of rotatable bonds is 3. The molecule has 4 heteroatoms. The minimum Gasteiger partial charge on any atom is -0.454 e. The van der Waals surface area contributed by atoms with Gasteiger partial charge in [0, 0.05) is 47.2 Å². The monoisotopic (exact) mass is 444 g/mol. The molecule has 2 aromatic heterocycles. The smallest absolute Gasteiger partial charge is 0.216 e. The van der Waals surface area contributed by atoms with E-state index in [-0.39, 0.29) is 0 Å². The summed E-state index contributed by atoms with van der Waals surface area (Å²) in [6, 6.07) is 25.4. The van der Waals surface area contributed by atoms with Crippen LogP contribution in [0.3, 0.4) is 0 Å². The molecule has 1 aliphatic rings. The lowest BCUT2D eigenvalue weighted by Crippen LogP contribution is -2.30. The maximum Gasteiger partial charge on any atom is 0.216 e. The Bertz CT molecular complexity index is 1580. The van der Waals surface area contributed by atoms with Gasteiger partial charge in [0.25, 0.3) is 0 Å². The number of hydrogen-bond donors (Lipinski definition) is 0. The maximum atomic E-state index is 9.95. The van der Waals surface area contributed by atoms with E-state index in [2.05, 4.69) is 84.2 Å². The zero-order valence-electron chi connectivity index (χ0n) is 19.5. The van der Waals surface area contributed by atoms with Gasteiger partial charge in [-0.15, -0.1) is 0 Å². The summed E-state index contributed by atoms with van der Waals surface area (Å²) in [5.74, 6) is 0. The Balaban J connectivity index is 1.60. The summed E-state index contributed by atoms with van der Waals surface area (Å²) < 4.78 is 8.78. The van der Waals surface area contributed by atoms with Crippen LogP contribution in [0.25, 0.3) is 44.3 Å². The SMILES string of the molecule is Cc1ccc2c(oc3c(-c4ccc(N5CCCC5)cc4)c(C#N)ccc32)c1-c1cccc[n+]1C. The molecule has 0 aliphatic carbocycles. The van der Waals surface area contributed by atoms with E-state index >= 15 is 0 Å². The minimum absolute atomic E-state index is 0.629. The first-order valence-corrected chi connectivity index (χ1v) is 11.8. The van der Waals surface area contributed by atoms with E-state index < -0.39 is 0 Å². The fourth-order valence-electron chi connectivity index (χ4n) is 5.30. The molecular formula is C30H26N3O+. The van der Waals surface area contributed by atoms with Gasteiger partial charge in [0.05, 0.1) is 17.2 Å². The van der Waals surface area contributed by atoms with Crippen LogP contribution >= 0.6 is 0 Å². The second-order valence-electron chi connectivity index (χ2n) is 9.15.